The zero-order valence-electron chi connectivity index (χ0n) is 14.6. The number of carbonyl (C=O) groups is 1. The largest absolute Gasteiger partial charge is 0.467 e. The van der Waals surface area contributed by atoms with E-state index in [-0.39, 0.29) is 5.56 Å². The normalized spacial score (nSPS) is 19.9. The number of ketones is 1. The first-order valence-electron chi connectivity index (χ1n) is 7.96. The minimum absolute atomic E-state index is 0.0651. The van der Waals surface area contributed by atoms with Gasteiger partial charge in [-0.1, -0.05) is 36.4 Å². The average Bonchev–Trinajstić information content (AvgIpc) is 2.85. The summed E-state index contributed by atoms with van der Waals surface area (Å²) < 4.78 is 60.5. The fourth-order valence-corrected chi connectivity index (χ4v) is 3.60. The van der Waals surface area contributed by atoms with E-state index >= 15 is 0 Å². The monoisotopic (exact) mass is 411 g/mol. The summed E-state index contributed by atoms with van der Waals surface area (Å²) in [7, 11) is 12.2. The van der Waals surface area contributed by atoms with Crippen molar-refractivity contribution in [3.8, 4) is 0 Å². The molecule has 2 aromatic rings. The maximum atomic E-state index is 14.1. The molecule has 2 aromatic carbocycles. The molecule has 0 aliphatic carbocycles. The van der Waals surface area contributed by atoms with Crippen molar-refractivity contribution >= 4 is 39.4 Å². The van der Waals surface area contributed by atoms with Crippen molar-refractivity contribution in [1.82, 2.24) is 0 Å². The summed E-state index contributed by atoms with van der Waals surface area (Å²) in [5, 5.41) is 0. The summed E-state index contributed by atoms with van der Waals surface area (Å²) in [6, 6.07) is 9.86. The highest BCUT2D eigenvalue weighted by Gasteiger charge is 2.52. The van der Waals surface area contributed by atoms with E-state index in [1.54, 1.807) is 6.07 Å². The zero-order chi connectivity index (χ0) is 21.6. The molecule has 0 bridgehead atoms. The Morgan fingerprint density at radius 1 is 1.03 bits per heavy atom. The number of ether oxygens (including phenoxy) is 1. The van der Waals surface area contributed by atoms with Crippen LogP contribution in [0.15, 0.2) is 60.2 Å². The molecule has 0 fully saturated rings. The van der Waals surface area contributed by atoms with E-state index in [1.165, 1.54) is 24.3 Å². The molecule has 0 spiro atoms. The molecule has 142 valence electrons. The van der Waals surface area contributed by atoms with Crippen molar-refractivity contribution in [1.29, 1.82) is 0 Å². The SMILES string of the molecule is [B]C([B])(c1ccccc1)S(=O)(=O)OC1=C(N)O[C@@]([B])(c2c(F)cccc2F)C1=O. The maximum Gasteiger partial charge on any atom is 0.302 e. The molecule has 0 amide bonds. The molecule has 0 unspecified atom stereocenters. The molecule has 0 aromatic heterocycles. The molecule has 1 heterocycles. The Hall–Kier alpha value is -2.75. The number of hydrogen-bond donors (Lipinski definition) is 1. The molecule has 2 N–H and O–H groups in total. The van der Waals surface area contributed by atoms with Crippen LogP contribution >= 0.6 is 0 Å². The van der Waals surface area contributed by atoms with Crippen molar-refractivity contribution < 1.29 is 30.9 Å². The molecule has 3 rings (SSSR count). The van der Waals surface area contributed by atoms with E-state index in [0.29, 0.717) is 0 Å². The highest BCUT2D eigenvalue weighted by atomic mass is 32.2. The Bertz CT molecular complexity index is 1100. The van der Waals surface area contributed by atoms with Gasteiger partial charge in [-0.25, -0.2) is 8.78 Å². The van der Waals surface area contributed by atoms with Crippen molar-refractivity contribution in [3.05, 3.63) is 82.9 Å². The molecular weight excluding hydrogens is 401 g/mol. The summed E-state index contributed by atoms with van der Waals surface area (Å²) in [5.74, 6) is -5.88. The lowest BCUT2D eigenvalue weighted by molar-refractivity contribution is -0.126. The number of carbonyl (C=O) groups excluding carboxylic acids is 1. The molecular formula is C17H10B3F2NO5S. The Labute approximate surface area is 169 Å². The highest BCUT2D eigenvalue weighted by molar-refractivity contribution is 7.90. The molecule has 6 radical (unpaired) electrons. The standard InChI is InChI=1S/C17H10B3F2NO5S/c18-16(12-10(21)7-4-8-11(12)22)14(24)13(15(23)27-16)28-29(25,26)17(19,20)9-5-2-1-3-6-9/h1-8H,23H2/t16-/m0/s1. The minimum Gasteiger partial charge on any atom is -0.467 e. The Kier molecular flexibility index (Phi) is 5.02. The van der Waals surface area contributed by atoms with Crippen LogP contribution in [0.1, 0.15) is 11.1 Å². The van der Waals surface area contributed by atoms with Crippen LogP contribution in [0.4, 0.5) is 8.78 Å². The number of hydrogen-bond acceptors (Lipinski definition) is 6. The molecule has 0 saturated heterocycles. The molecule has 29 heavy (non-hydrogen) atoms. The topological polar surface area (TPSA) is 95.7 Å². The molecule has 1 aliphatic rings. The minimum atomic E-state index is -4.94. The van der Waals surface area contributed by atoms with E-state index < -0.39 is 54.8 Å². The van der Waals surface area contributed by atoms with Gasteiger partial charge in [0.2, 0.25) is 17.4 Å². The van der Waals surface area contributed by atoms with Gasteiger partial charge in [-0.3, -0.25) is 4.79 Å². The van der Waals surface area contributed by atoms with E-state index in [1.807, 2.05) is 0 Å². The lowest BCUT2D eigenvalue weighted by Gasteiger charge is -2.26. The predicted molar refractivity (Wildman–Crippen MR) is 101 cm³/mol. The summed E-state index contributed by atoms with van der Waals surface area (Å²) in [6.07, 6.45) is 0. The third-order valence-electron chi connectivity index (χ3n) is 4.20. The summed E-state index contributed by atoms with van der Waals surface area (Å²) in [6.45, 7) is 0. The third-order valence-corrected chi connectivity index (χ3v) is 5.65. The summed E-state index contributed by atoms with van der Waals surface area (Å²) in [5.41, 5.74) is 1.69. The second-order valence-electron chi connectivity index (χ2n) is 6.15. The van der Waals surface area contributed by atoms with Crippen molar-refractivity contribution in [2.24, 2.45) is 5.73 Å². The number of rotatable bonds is 5. The fourth-order valence-electron chi connectivity index (χ4n) is 2.66. The van der Waals surface area contributed by atoms with Crippen LogP contribution in [0, 0.1) is 11.6 Å². The van der Waals surface area contributed by atoms with Gasteiger partial charge < -0.3 is 14.7 Å². The van der Waals surface area contributed by atoms with Gasteiger partial charge in [0, 0.05) is 0 Å². The smallest absolute Gasteiger partial charge is 0.302 e. The van der Waals surface area contributed by atoms with E-state index in [9.17, 15) is 22.0 Å². The van der Waals surface area contributed by atoms with E-state index in [4.69, 9.17) is 38.2 Å². The van der Waals surface area contributed by atoms with Crippen LogP contribution in [0.3, 0.4) is 0 Å². The van der Waals surface area contributed by atoms with Crippen molar-refractivity contribution in [2.75, 3.05) is 0 Å². The van der Waals surface area contributed by atoms with Gasteiger partial charge in [-0.05, 0) is 17.7 Å². The predicted octanol–water partition coefficient (Wildman–Crippen LogP) is 0.507. The zero-order valence-corrected chi connectivity index (χ0v) is 15.5. The first-order valence-corrected chi connectivity index (χ1v) is 9.37. The Morgan fingerprint density at radius 3 is 2.14 bits per heavy atom. The van der Waals surface area contributed by atoms with Gasteiger partial charge in [0.05, 0.1) is 25.8 Å². The average molecular weight is 411 g/mol. The van der Waals surface area contributed by atoms with Gasteiger partial charge in [-0.15, -0.1) is 0 Å². The number of nitrogens with two attached hydrogens (primary N) is 1. The lowest BCUT2D eigenvalue weighted by atomic mass is 9.65. The maximum absolute atomic E-state index is 14.1. The van der Waals surface area contributed by atoms with Gasteiger partial charge >= 0.3 is 10.1 Å². The molecule has 1 atom stereocenters. The molecule has 0 saturated carbocycles. The highest BCUT2D eigenvalue weighted by Crippen LogP contribution is 2.39. The fraction of sp³-hybridized carbons (Fsp3) is 0.118. The number of benzene rings is 2. The Morgan fingerprint density at radius 2 is 1.59 bits per heavy atom. The van der Waals surface area contributed by atoms with Crippen molar-refractivity contribution in [2.45, 2.75) is 10.0 Å². The van der Waals surface area contributed by atoms with Crippen LogP contribution in [0.2, 0.25) is 0 Å². The van der Waals surface area contributed by atoms with Gasteiger partial charge in [-0.2, -0.15) is 8.42 Å². The summed E-state index contributed by atoms with van der Waals surface area (Å²) >= 11 is 0. The van der Waals surface area contributed by atoms with E-state index in [2.05, 4.69) is 0 Å². The first-order chi connectivity index (χ1) is 13.4. The first kappa shape index (κ1) is 21.0. The molecule has 6 nitrogen and oxygen atoms in total. The van der Waals surface area contributed by atoms with E-state index in [0.717, 1.165) is 18.2 Å². The summed E-state index contributed by atoms with van der Waals surface area (Å²) in [4.78, 5) is 12.7. The quantitative estimate of drug-likeness (QED) is 0.570. The van der Waals surface area contributed by atoms with Crippen LogP contribution < -0.4 is 5.73 Å². The van der Waals surface area contributed by atoms with Gasteiger partial charge in [0.1, 0.15) is 11.6 Å². The lowest BCUT2D eigenvalue weighted by Crippen LogP contribution is -2.41. The Balaban J connectivity index is 1.99. The van der Waals surface area contributed by atoms with Crippen LogP contribution in [-0.4, -0.2) is 37.7 Å². The van der Waals surface area contributed by atoms with Crippen molar-refractivity contribution in [3.63, 3.8) is 0 Å². The van der Waals surface area contributed by atoms with Crippen LogP contribution in [0.25, 0.3) is 0 Å². The van der Waals surface area contributed by atoms with Crippen LogP contribution in [0.5, 0.6) is 0 Å². The van der Waals surface area contributed by atoms with Gasteiger partial charge in [0.25, 0.3) is 0 Å². The number of Topliss-reactive ketones (excluding diaryl/α,β-unsaturated/α-hetero) is 1. The van der Waals surface area contributed by atoms with Gasteiger partial charge in [0.15, 0.2) is 13.3 Å². The molecule has 12 heteroatoms. The number of halogens is 2. The molecule has 1 aliphatic heterocycles. The second kappa shape index (κ2) is 6.94. The third kappa shape index (κ3) is 3.31. The second-order valence-corrected chi connectivity index (χ2v) is 7.90. The van der Waals surface area contributed by atoms with Crippen LogP contribution in [-0.2, 0) is 33.9 Å².